The van der Waals surface area contributed by atoms with E-state index in [9.17, 15) is 19.8 Å². The van der Waals surface area contributed by atoms with Crippen LogP contribution in [0.5, 0.6) is 0 Å². The lowest BCUT2D eigenvalue weighted by Gasteiger charge is -2.30. The van der Waals surface area contributed by atoms with Gasteiger partial charge in [0.1, 0.15) is 0 Å². The van der Waals surface area contributed by atoms with Gasteiger partial charge in [0.05, 0.1) is 13.1 Å². The lowest BCUT2D eigenvalue weighted by molar-refractivity contribution is -0.00351. The van der Waals surface area contributed by atoms with Gasteiger partial charge in [-0.15, -0.1) is 0 Å². The maximum Gasteiger partial charge on any atom is 0.426 e. The first-order valence-electron chi connectivity index (χ1n) is 7.16. The van der Waals surface area contributed by atoms with Gasteiger partial charge in [0.2, 0.25) is 0 Å². The first-order valence-corrected chi connectivity index (χ1v) is 7.16. The van der Waals surface area contributed by atoms with Gasteiger partial charge in [-0.3, -0.25) is 0 Å². The highest BCUT2D eigenvalue weighted by Gasteiger charge is 2.25. The Morgan fingerprint density at radius 2 is 1.22 bits per heavy atom. The summed E-state index contributed by atoms with van der Waals surface area (Å²) in [5.74, 6) is 0. The molecule has 2 aromatic rings. The Bertz CT molecular complexity index is 646. The molecule has 0 unspecified atom stereocenters. The van der Waals surface area contributed by atoms with E-state index >= 15 is 0 Å². The van der Waals surface area contributed by atoms with E-state index in [4.69, 9.17) is 0 Å². The Morgan fingerprint density at radius 1 is 0.739 bits per heavy atom. The molecule has 2 amide bonds. The van der Waals surface area contributed by atoms with Crippen LogP contribution in [0.2, 0.25) is 0 Å². The Balaban J connectivity index is 2.11. The molecular formula is C17H18N2O4. The number of nitrogens with zero attached hydrogens (tertiary/aromatic N) is 2. The van der Waals surface area contributed by atoms with Crippen LogP contribution >= 0.6 is 0 Å². The molecule has 0 aliphatic heterocycles. The zero-order valence-corrected chi connectivity index (χ0v) is 12.5. The summed E-state index contributed by atoms with van der Waals surface area (Å²) >= 11 is 0. The summed E-state index contributed by atoms with van der Waals surface area (Å²) in [5, 5.41) is 20.4. The fourth-order valence-corrected chi connectivity index (χ4v) is 2.21. The van der Waals surface area contributed by atoms with Gasteiger partial charge in [0, 0.05) is 0 Å². The van der Waals surface area contributed by atoms with Crippen LogP contribution in [0.1, 0.15) is 11.1 Å². The van der Waals surface area contributed by atoms with Gasteiger partial charge in [0.15, 0.2) is 0 Å². The lowest BCUT2D eigenvalue weighted by atomic mass is 10.1. The van der Waals surface area contributed by atoms with E-state index < -0.39 is 12.2 Å². The zero-order valence-electron chi connectivity index (χ0n) is 12.5. The quantitative estimate of drug-likeness (QED) is 0.830. The SMILES string of the molecule is O=C(O)N(CCc1ccccc1)N(Cc1ccccc1)C(=O)O. The molecule has 0 aliphatic carbocycles. The van der Waals surface area contributed by atoms with Crippen LogP contribution in [0.25, 0.3) is 0 Å². The average molecular weight is 314 g/mol. The molecule has 120 valence electrons. The molecule has 2 N–H and O–H groups in total. The average Bonchev–Trinajstić information content (AvgIpc) is 2.55. The molecule has 0 saturated heterocycles. The summed E-state index contributed by atoms with van der Waals surface area (Å²) in [6.45, 7) is 0.0513. The van der Waals surface area contributed by atoms with E-state index in [0.717, 1.165) is 21.1 Å². The van der Waals surface area contributed by atoms with Crippen LogP contribution in [-0.2, 0) is 13.0 Å². The van der Waals surface area contributed by atoms with Crippen molar-refractivity contribution in [2.75, 3.05) is 6.54 Å². The molecule has 0 bridgehead atoms. The number of hydrogen-bond acceptors (Lipinski definition) is 2. The third-order valence-electron chi connectivity index (χ3n) is 3.36. The highest BCUT2D eigenvalue weighted by atomic mass is 16.4. The number of benzene rings is 2. The van der Waals surface area contributed by atoms with Gasteiger partial charge in [0.25, 0.3) is 0 Å². The first kappa shape index (κ1) is 16.4. The second-order valence-corrected chi connectivity index (χ2v) is 4.97. The Labute approximate surface area is 134 Å². The molecule has 2 aromatic carbocycles. The van der Waals surface area contributed by atoms with Gasteiger partial charge in [-0.25, -0.2) is 19.6 Å². The summed E-state index contributed by atoms with van der Waals surface area (Å²) < 4.78 is 0. The van der Waals surface area contributed by atoms with Gasteiger partial charge < -0.3 is 10.2 Å². The Hall–Kier alpha value is -3.02. The third-order valence-corrected chi connectivity index (χ3v) is 3.36. The van der Waals surface area contributed by atoms with Crippen molar-refractivity contribution in [1.29, 1.82) is 0 Å². The predicted octanol–water partition coefficient (Wildman–Crippen LogP) is 3.30. The van der Waals surface area contributed by atoms with Crippen molar-refractivity contribution in [2.45, 2.75) is 13.0 Å². The molecule has 0 saturated carbocycles. The smallest absolute Gasteiger partial charge is 0.426 e. The number of amides is 2. The third kappa shape index (κ3) is 4.74. The van der Waals surface area contributed by atoms with Crippen molar-refractivity contribution >= 4 is 12.2 Å². The second kappa shape index (κ2) is 7.84. The van der Waals surface area contributed by atoms with Crippen LogP contribution in [0.15, 0.2) is 60.7 Å². The zero-order chi connectivity index (χ0) is 16.7. The highest BCUT2D eigenvalue weighted by molar-refractivity contribution is 5.71. The second-order valence-electron chi connectivity index (χ2n) is 4.97. The van der Waals surface area contributed by atoms with Gasteiger partial charge in [-0.05, 0) is 17.5 Å². The number of carbonyl (C=O) groups is 2. The fourth-order valence-electron chi connectivity index (χ4n) is 2.21. The normalized spacial score (nSPS) is 10.1. The minimum Gasteiger partial charge on any atom is -0.464 e. The van der Waals surface area contributed by atoms with Gasteiger partial charge >= 0.3 is 12.2 Å². The lowest BCUT2D eigenvalue weighted by Crippen LogP contribution is -2.49. The van der Waals surface area contributed by atoms with Gasteiger partial charge in [-0.2, -0.15) is 0 Å². The largest absolute Gasteiger partial charge is 0.464 e. The maximum absolute atomic E-state index is 11.5. The molecule has 0 heterocycles. The molecule has 0 spiro atoms. The minimum atomic E-state index is -1.30. The molecule has 0 radical (unpaired) electrons. The molecule has 6 heteroatoms. The molecule has 0 aromatic heterocycles. The van der Waals surface area contributed by atoms with Crippen LogP contribution in [0.3, 0.4) is 0 Å². The Morgan fingerprint density at radius 3 is 1.70 bits per heavy atom. The van der Waals surface area contributed by atoms with Gasteiger partial charge in [-0.1, -0.05) is 60.7 Å². The fraction of sp³-hybridized carbons (Fsp3) is 0.176. The van der Waals surface area contributed by atoms with Crippen LogP contribution in [0, 0.1) is 0 Å². The highest BCUT2D eigenvalue weighted by Crippen LogP contribution is 2.10. The summed E-state index contributed by atoms with van der Waals surface area (Å²) in [4.78, 5) is 23.0. The summed E-state index contributed by atoms with van der Waals surface area (Å²) in [6.07, 6.45) is -2.16. The van der Waals surface area contributed by atoms with E-state index in [1.54, 1.807) is 24.3 Å². The van der Waals surface area contributed by atoms with Crippen LogP contribution in [-0.4, -0.2) is 39.0 Å². The summed E-state index contributed by atoms with van der Waals surface area (Å²) in [7, 11) is 0. The number of hydrogen-bond donors (Lipinski definition) is 2. The van der Waals surface area contributed by atoms with Crippen molar-refractivity contribution in [2.24, 2.45) is 0 Å². The first-order chi connectivity index (χ1) is 11.1. The maximum atomic E-state index is 11.5. The van der Waals surface area contributed by atoms with E-state index in [1.165, 1.54) is 0 Å². The standard InChI is InChI=1S/C17H18N2O4/c20-16(21)18(12-11-14-7-3-1-4-8-14)19(17(22)23)13-15-9-5-2-6-10-15/h1-10H,11-13H2,(H,20,21)(H,22,23). The number of carboxylic acid groups (broad SMARTS) is 2. The molecule has 0 atom stereocenters. The van der Waals surface area contributed by atoms with Crippen molar-refractivity contribution in [3.63, 3.8) is 0 Å². The Kier molecular flexibility index (Phi) is 5.57. The van der Waals surface area contributed by atoms with Crippen LogP contribution in [0.4, 0.5) is 9.59 Å². The molecule has 6 nitrogen and oxygen atoms in total. The van der Waals surface area contributed by atoms with Crippen molar-refractivity contribution < 1.29 is 19.8 Å². The van der Waals surface area contributed by atoms with E-state index in [1.807, 2.05) is 36.4 Å². The van der Waals surface area contributed by atoms with Crippen molar-refractivity contribution in [3.8, 4) is 0 Å². The van der Waals surface area contributed by atoms with E-state index in [2.05, 4.69) is 0 Å². The number of rotatable bonds is 5. The summed E-state index contributed by atoms with van der Waals surface area (Å²) in [5.41, 5.74) is 1.67. The predicted molar refractivity (Wildman–Crippen MR) is 84.9 cm³/mol. The molecule has 2 rings (SSSR count). The van der Waals surface area contributed by atoms with Crippen LogP contribution < -0.4 is 0 Å². The van der Waals surface area contributed by atoms with Crippen molar-refractivity contribution in [1.82, 2.24) is 10.0 Å². The topological polar surface area (TPSA) is 81.1 Å². The van der Waals surface area contributed by atoms with E-state index in [-0.39, 0.29) is 13.1 Å². The monoisotopic (exact) mass is 314 g/mol. The van der Waals surface area contributed by atoms with Crippen molar-refractivity contribution in [3.05, 3.63) is 71.8 Å². The molecular weight excluding hydrogens is 296 g/mol. The molecule has 0 aliphatic rings. The van der Waals surface area contributed by atoms with E-state index in [0.29, 0.717) is 6.42 Å². The summed E-state index contributed by atoms with van der Waals surface area (Å²) in [6, 6.07) is 18.2. The number of hydrazine groups is 1. The molecule has 23 heavy (non-hydrogen) atoms. The molecule has 0 fully saturated rings. The minimum absolute atomic E-state index is 0.0166.